The van der Waals surface area contributed by atoms with Gasteiger partial charge in [0.2, 0.25) is 0 Å². The minimum absolute atomic E-state index is 1.23. The Labute approximate surface area is 180 Å². The van der Waals surface area contributed by atoms with Gasteiger partial charge in [-0.3, -0.25) is 0 Å². The number of rotatable bonds is 4. The molecule has 0 unspecified atom stereocenters. The van der Waals surface area contributed by atoms with Crippen LogP contribution in [0.1, 0.15) is 19.5 Å². The molecule has 4 heteroatoms. The Kier molecular flexibility index (Phi) is 5.10. The van der Waals surface area contributed by atoms with Crippen molar-refractivity contribution < 1.29 is 0 Å². The fraction of sp³-hybridized carbons (Fsp3) is 0. The Hall–Kier alpha value is -2.24. The van der Waals surface area contributed by atoms with Crippen LogP contribution in [0.15, 0.2) is 72.8 Å². The van der Waals surface area contributed by atoms with Crippen LogP contribution < -0.4 is 0 Å². The zero-order valence-corrected chi connectivity index (χ0v) is 18.1. The third-order valence-corrected chi connectivity index (χ3v) is 9.21. The topological polar surface area (TPSA) is 0 Å². The SMILES string of the molecule is C(=C\c1sc2ccccc2[s+]1)/c1ccc(/C=C/c2sc3ccccc3[s+]2)cc1. The van der Waals surface area contributed by atoms with Crippen LogP contribution in [0.3, 0.4) is 0 Å². The van der Waals surface area contributed by atoms with Crippen molar-refractivity contribution in [3.05, 3.63) is 92.3 Å². The zero-order valence-electron chi connectivity index (χ0n) is 14.9. The summed E-state index contributed by atoms with van der Waals surface area (Å²) >= 11 is 7.40. The lowest BCUT2D eigenvalue weighted by atomic mass is 10.1. The van der Waals surface area contributed by atoms with Gasteiger partial charge < -0.3 is 0 Å². The summed E-state index contributed by atoms with van der Waals surface area (Å²) in [5.41, 5.74) is 2.46. The van der Waals surface area contributed by atoms with Crippen LogP contribution in [0.4, 0.5) is 0 Å². The summed E-state index contributed by atoms with van der Waals surface area (Å²) in [6, 6.07) is 25.9. The molecular weight excluding hydrogens is 417 g/mol. The van der Waals surface area contributed by atoms with Crippen molar-refractivity contribution in [1.29, 1.82) is 0 Å². The van der Waals surface area contributed by atoms with Gasteiger partial charge in [-0.25, -0.2) is 0 Å². The van der Waals surface area contributed by atoms with Crippen LogP contribution in [0.5, 0.6) is 0 Å². The monoisotopic (exact) mass is 432 g/mol. The molecule has 0 aliphatic heterocycles. The molecule has 0 amide bonds. The molecule has 0 aliphatic rings. The predicted octanol–water partition coefficient (Wildman–Crippen LogP) is 9.14. The molecule has 2 heterocycles. The van der Waals surface area contributed by atoms with Crippen LogP contribution >= 0.6 is 45.3 Å². The van der Waals surface area contributed by atoms with E-state index < -0.39 is 0 Å². The summed E-state index contributed by atoms with van der Waals surface area (Å²) in [7, 11) is 0. The van der Waals surface area contributed by atoms with Crippen molar-refractivity contribution in [3.8, 4) is 0 Å². The fourth-order valence-electron chi connectivity index (χ4n) is 2.90. The molecule has 134 valence electrons. The fourth-order valence-corrected chi connectivity index (χ4v) is 7.48. The standard InChI is InChI=1S/C24H16S4/c1-2-6-20-19(5-1)25-23(26-20)15-13-17-9-11-18(12-10-17)14-16-24-27-21-7-3-4-8-22(21)28-24/h1-16H/q+2. The molecule has 0 fully saturated rings. The van der Waals surface area contributed by atoms with E-state index in [-0.39, 0.29) is 0 Å². The van der Waals surface area contributed by atoms with Gasteiger partial charge in [0.05, 0.1) is 45.3 Å². The Balaban J connectivity index is 1.30. The minimum Gasteiger partial charge on any atom is -0.0587 e. The largest absolute Gasteiger partial charge is 0.279 e. The minimum atomic E-state index is 1.23. The molecule has 0 nitrogen and oxygen atoms in total. The molecular formula is C24H16S4+2. The van der Waals surface area contributed by atoms with Crippen LogP contribution in [0, 0.1) is 0 Å². The Morgan fingerprint density at radius 3 is 1.36 bits per heavy atom. The van der Waals surface area contributed by atoms with Crippen molar-refractivity contribution in [1.82, 2.24) is 0 Å². The molecule has 3 aromatic carbocycles. The quantitative estimate of drug-likeness (QED) is 0.248. The summed E-state index contributed by atoms with van der Waals surface area (Å²) in [5.74, 6) is 0. The van der Waals surface area contributed by atoms with E-state index in [1.54, 1.807) is 0 Å². The van der Waals surface area contributed by atoms with E-state index in [0.717, 1.165) is 0 Å². The molecule has 0 radical (unpaired) electrons. The van der Waals surface area contributed by atoms with E-state index in [1.165, 1.54) is 38.3 Å². The molecule has 0 saturated carbocycles. The number of hydrogen-bond acceptors (Lipinski definition) is 2. The maximum atomic E-state index is 2.22. The van der Waals surface area contributed by atoms with Crippen molar-refractivity contribution in [3.63, 3.8) is 0 Å². The number of fused-ring (bicyclic) bond motifs is 2. The highest BCUT2D eigenvalue weighted by molar-refractivity contribution is 7.40. The molecule has 2 aromatic heterocycles. The van der Waals surface area contributed by atoms with E-state index >= 15 is 0 Å². The summed E-state index contributed by atoms with van der Waals surface area (Å²) in [4.78, 5) is 0. The normalized spacial score (nSPS) is 12.0. The van der Waals surface area contributed by atoms with Gasteiger partial charge in [0.15, 0.2) is 18.8 Å². The average Bonchev–Trinajstić information content (AvgIpc) is 3.34. The van der Waals surface area contributed by atoms with E-state index in [1.807, 2.05) is 45.3 Å². The smallest absolute Gasteiger partial charge is 0.0587 e. The van der Waals surface area contributed by atoms with E-state index in [0.29, 0.717) is 0 Å². The van der Waals surface area contributed by atoms with Crippen LogP contribution in [-0.4, -0.2) is 0 Å². The van der Waals surface area contributed by atoms with Gasteiger partial charge >= 0.3 is 0 Å². The van der Waals surface area contributed by atoms with Crippen LogP contribution in [0.2, 0.25) is 0 Å². The van der Waals surface area contributed by atoms with Crippen LogP contribution in [0.25, 0.3) is 43.1 Å². The summed E-state index contributed by atoms with van der Waals surface area (Å²) in [5, 5.41) is 0. The number of benzene rings is 3. The van der Waals surface area contributed by atoms with Crippen LogP contribution in [-0.2, 0) is 0 Å². The maximum absolute atomic E-state index is 2.22. The average molecular weight is 433 g/mol. The third-order valence-electron chi connectivity index (χ3n) is 4.30. The van der Waals surface area contributed by atoms with Gasteiger partial charge in [-0.05, 0) is 47.5 Å². The summed E-state index contributed by atoms with van der Waals surface area (Å²) < 4.78 is 8.09. The maximum Gasteiger partial charge on any atom is 0.279 e. The van der Waals surface area contributed by atoms with Gasteiger partial charge in [0.25, 0.3) is 8.38 Å². The molecule has 0 N–H and O–H groups in total. The Morgan fingerprint density at radius 1 is 0.500 bits per heavy atom. The zero-order chi connectivity index (χ0) is 18.8. The first-order chi connectivity index (χ1) is 13.8. The Morgan fingerprint density at radius 2 is 0.929 bits per heavy atom. The first-order valence-corrected chi connectivity index (χ1v) is 12.2. The molecule has 0 saturated heterocycles. The van der Waals surface area contributed by atoms with Gasteiger partial charge in [-0.15, -0.1) is 0 Å². The molecule has 5 aromatic rings. The lowest BCUT2D eigenvalue weighted by Gasteiger charge is -1.94. The lowest BCUT2D eigenvalue weighted by Crippen LogP contribution is -1.73. The molecule has 0 spiro atoms. The highest BCUT2D eigenvalue weighted by Gasteiger charge is 2.13. The van der Waals surface area contributed by atoms with Gasteiger partial charge in [0, 0.05) is 12.2 Å². The Bertz CT molecular complexity index is 1130. The van der Waals surface area contributed by atoms with Gasteiger partial charge in [0.1, 0.15) is 0 Å². The molecule has 5 rings (SSSR count). The molecule has 28 heavy (non-hydrogen) atoms. The second-order valence-electron chi connectivity index (χ2n) is 6.27. The first kappa shape index (κ1) is 17.8. The number of hydrogen-bond donors (Lipinski definition) is 0. The summed E-state index contributed by atoms with van der Waals surface area (Å²) in [6.07, 6.45) is 8.84. The lowest BCUT2D eigenvalue weighted by molar-refractivity contribution is 1.63. The summed E-state index contributed by atoms with van der Waals surface area (Å²) in [6.45, 7) is 0. The highest BCUT2D eigenvalue weighted by Crippen LogP contribution is 2.33. The van der Waals surface area contributed by atoms with Crippen molar-refractivity contribution >= 4 is 88.5 Å². The van der Waals surface area contributed by atoms with E-state index in [9.17, 15) is 0 Å². The molecule has 0 atom stereocenters. The van der Waals surface area contributed by atoms with Crippen molar-refractivity contribution in [2.45, 2.75) is 0 Å². The highest BCUT2D eigenvalue weighted by atomic mass is 32.2. The van der Waals surface area contributed by atoms with Crippen molar-refractivity contribution in [2.75, 3.05) is 0 Å². The van der Waals surface area contributed by atoms with E-state index in [2.05, 4.69) is 97.1 Å². The van der Waals surface area contributed by atoms with E-state index in [4.69, 9.17) is 0 Å². The second-order valence-corrected chi connectivity index (χ2v) is 11.1. The third kappa shape index (κ3) is 3.96. The molecule has 0 bridgehead atoms. The van der Waals surface area contributed by atoms with Crippen molar-refractivity contribution in [2.24, 2.45) is 0 Å². The van der Waals surface area contributed by atoms with Gasteiger partial charge in [-0.2, -0.15) is 0 Å². The van der Waals surface area contributed by atoms with Gasteiger partial charge in [-0.1, -0.05) is 48.5 Å². The predicted molar refractivity (Wildman–Crippen MR) is 133 cm³/mol. The molecule has 0 aliphatic carbocycles. The second kappa shape index (κ2) is 8.02. The first-order valence-electron chi connectivity index (χ1n) is 8.93.